The first-order valence-electron chi connectivity index (χ1n) is 8.04. The number of rotatable bonds is 5. The Morgan fingerprint density at radius 2 is 2.04 bits per heavy atom. The monoisotopic (exact) mass is 381 g/mol. The lowest BCUT2D eigenvalue weighted by Crippen LogP contribution is -2.42. The summed E-state index contributed by atoms with van der Waals surface area (Å²) >= 11 is 0. The Labute approximate surface area is 149 Å². The summed E-state index contributed by atoms with van der Waals surface area (Å²) in [7, 11) is -3.19. The van der Waals surface area contributed by atoms with Gasteiger partial charge >= 0.3 is 5.97 Å². The van der Waals surface area contributed by atoms with Crippen molar-refractivity contribution in [1.82, 2.24) is 18.8 Å². The maximum absolute atomic E-state index is 12.0. The van der Waals surface area contributed by atoms with E-state index < -0.39 is 28.1 Å². The number of carboxylic acids is 1. The van der Waals surface area contributed by atoms with Gasteiger partial charge in [-0.3, -0.25) is 14.2 Å². The second kappa shape index (κ2) is 7.00. The third-order valence-corrected chi connectivity index (χ3v) is 5.58. The van der Waals surface area contributed by atoms with Crippen molar-refractivity contribution in [2.24, 2.45) is 0 Å². The van der Waals surface area contributed by atoms with Crippen molar-refractivity contribution < 1.29 is 18.3 Å². The molecule has 10 nitrogen and oxygen atoms in total. The zero-order valence-electron chi connectivity index (χ0n) is 14.1. The normalized spacial score (nSPS) is 16.7. The zero-order chi connectivity index (χ0) is 18.9. The highest BCUT2D eigenvalue weighted by Gasteiger charge is 2.25. The van der Waals surface area contributed by atoms with Gasteiger partial charge in [0.05, 0.1) is 6.26 Å². The number of nitrogens with one attached hydrogen (secondary N) is 1. The van der Waals surface area contributed by atoms with Crippen molar-refractivity contribution in [1.29, 1.82) is 0 Å². The molecule has 3 rings (SSSR count). The van der Waals surface area contributed by atoms with Gasteiger partial charge in [-0.25, -0.2) is 17.7 Å². The molecule has 0 radical (unpaired) electrons. The molecular formula is C15H19N5O5S. The largest absolute Gasteiger partial charge is 0.480 e. The molecule has 0 aromatic carbocycles. The molecule has 1 aliphatic rings. The SMILES string of the molecule is CS(=O)(=O)N1CCC(Nc2ncc3ccc(=O)n(CC(=O)O)c3n2)CC1. The molecule has 0 spiro atoms. The molecule has 2 aromatic heterocycles. The van der Waals surface area contributed by atoms with Crippen LogP contribution in [-0.4, -0.2) is 63.7 Å². The molecule has 2 aromatic rings. The smallest absolute Gasteiger partial charge is 0.323 e. The number of aromatic nitrogens is 3. The number of fused-ring (bicyclic) bond motifs is 1. The second-order valence-corrected chi connectivity index (χ2v) is 8.19. The van der Waals surface area contributed by atoms with Crippen LogP contribution in [0.25, 0.3) is 11.0 Å². The first-order valence-corrected chi connectivity index (χ1v) is 9.89. The van der Waals surface area contributed by atoms with Gasteiger partial charge in [0, 0.05) is 36.8 Å². The highest BCUT2D eigenvalue weighted by atomic mass is 32.2. The molecule has 0 unspecified atom stereocenters. The van der Waals surface area contributed by atoms with E-state index in [4.69, 9.17) is 5.11 Å². The number of aliphatic carboxylic acids is 1. The maximum Gasteiger partial charge on any atom is 0.323 e. The number of sulfonamides is 1. The van der Waals surface area contributed by atoms with E-state index in [0.29, 0.717) is 31.3 Å². The predicted octanol–water partition coefficient (Wildman–Crippen LogP) is -0.288. The van der Waals surface area contributed by atoms with Gasteiger partial charge in [0.2, 0.25) is 16.0 Å². The molecule has 0 saturated carbocycles. The molecule has 26 heavy (non-hydrogen) atoms. The molecule has 11 heteroatoms. The fraction of sp³-hybridized carbons (Fsp3) is 0.467. The number of carboxylic acid groups (broad SMARTS) is 1. The first-order chi connectivity index (χ1) is 12.2. The van der Waals surface area contributed by atoms with Crippen LogP contribution in [0.2, 0.25) is 0 Å². The Hall–Kier alpha value is -2.53. The van der Waals surface area contributed by atoms with Crippen molar-refractivity contribution in [2.75, 3.05) is 24.7 Å². The third kappa shape index (κ3) is 3.99. The van der Waals surface area contributed by atoms with Gasteiger partial charge < -0.3 is 10.4 Å². The molecule has 1 fully saturated rings. The van der Waals surface area contributed by atoms with Crippen LogP contribution in [0.4, 0.5) is 5.95 Å². The van der Waals surface area contributed by atoms with Gasteiger partial charge in [0.25, 0.3) is 5.56 Å². The number of anilines is 1. The maximum atomic E-state index is 12.0. The predicted molar refractivity (Wildman–Crippen MR) is 94.5 cm³/mol. The number of hydrogen-bond donors (Lipinski definition) is 2. The van der Waals surface area contributed by atoms with E-state index in [1.807, 2.05) is 0 Å². The van der Waals surface area contributed by atoms with E-state index in [1.54, 1.807) is 6.07 Å². The van der Waals surface area contributed by atoms with E-state index in [1.165, 1.54) is 22.8 Å². The fourth-order valence-electron chi connectivity index (χ4n) is 2.94. The molecule has 140 valence electrons. The van der Waals surface area contributed by atoms with Crippen LogP contribution >= 0.6 is 0 Å². The molecule has 2 N–H and O–H groups in total. The standard InChI is InChI=1S/C15H19N5O5S/c1-26(24,25)19-6-4-11(5-7-19)17-15-16-8-10-2-3-12(21)20(9-13(22)23)14(10)18-15/h2-3,8,11H,4-7,9H2,1H3,(H,22,23)(H,16,17,18). The van der Waals surface area contributed by atoms with Crippen molar-refractivity contribution in [3.8, 4) is 0 Å². The lowest BCUT2D eigenvalue weighted by Gasteiger charge is -2.30. The summed E-state index contributed by atoms with van der Waals surface area (Å²) in [6.07, 6.45) is 3.92. The summed E-state index contributed by atoms with van der Waals surface area (Å²) in [6, 6.07) is 2.82. The van der Waals surface area contributed by atoms with Crippen LogP contribution in [0.1, 0.15) is 12.8 Å². The average molecular weight is 381 g/mol. The van der Waals surface area contributed by atoms with Crippen LogP contribution in [0.15, 0.2) is 23.1 Å². The minimum absolute atomic E-state index is 0.00573. The fourth-order valence-corrected chi connectivity index (χ4v) is 3.82. The van der Waals surface area contributed by atoms with Crippen LogP contribution in [0, 0.1) is 0 Å². The minimum Gasteiger partial charge on any atom is -0.480 e. The third-order valence-electron chi connectivity index (χ3n) is 4.27. The minimum atomic E-state index is -3.19. The lowest BCUT2D eigenvalue weighted by atomic mass is 10.1. The van der Waals surface area contributed by atoms with Gasteiger partial charge in [-0.1, -0.05) is 0 Å². The van der Waals surface area contributed by atoms with Crippen molar-refractivity contribution in [3.05, 3.63) is 28.7 Å². The average Bonchev–Trinajstić information content (AvgIpc) is 2.57. The van der Waals surface area contributed by atoms with Crippen molar-refractivity contribution >= 4 is 33.0 Å². The summed E-state index contributed by atoms with van der Waals surface area (Å²) in [4.78, 5) is 31.5. The summed E-state index contributed by atoms with van der Waals surface area (Å²) in [5, 5.41) is 12.7. The second-order valence-electron chi connectivity index (χ2n) is 6.20. The quantitative estimate of drug-likeness (QED) is 0.722. The first kappa shape index (κ1) is 18.3. The molecule has 0 amide bonds. The molecular weight excluding hydrogens is 362 g/mol. The van der Waals surface area contributed by atoms with Gasteiger partial charge in [-0.15, -0.1) is 0 Å². The van der Waals surface area contributed by atoms with Crippen molar-refractivity contribution in [3.63, 3.8) is 0 Å². The Kier molecular flexibility index (Phi) is 4.92. The van der Waals surface area contributed by atoms with Gasteiger partial charge in [0.15, 0.2) is 0 Å². The van der Waals surface area contributed by atoms with Crippen LogP contribution in [0.5, 0.6) is 0 Å². The van der Waals surface area contributed by atoms with E-state index in [-0.39, 0.29) is 17.6 Å². The highest BCUT2D eigenvalue weighted by molar-refractivity contribution is 7.88. The molecule has 0 atom stereocenters. The molecule has 3 heterocycles. The van der Waals surface area contributed by atoms with Crippen LogP contribution in [-0.2, 0) is 21.4 Å². The summed E-state index contributed by atoms with van der Waals surface area (Å²) in [6.45, 7) is 0.334. The number of hydrogen-bond acceptors (Lipinski definition) is 7. The molecule has 0 bridgehead atoms. The Morgan fingerprint density at radius 1 is 1.35 bits per heavy atom. The number of carbonyl (C=O) groups is 1. The molecule has 1 aliphatic heterocycles. The van der Waals surface area contributed by atoms with Gasteiger partial charge in [-0.05, 0) is 18.9 Å². The van der Waals surface area contributed by atoms with Crippen LogP contribution in [0.3, 0.4) is 0 Å². The zero-order valence-corrected chi connectivity index (χ0v) is 14.9. The van der Waals surface area contributed by atoms with E-state index >= 15 is 0 Å². The van der Waals surface area contributed by atoms with E-state index in [9.17, 15) is 18.0 Å². The number of nitrogens with zero attached hydrogens (tertiary/aromatic N) is 4. The van der Waals surface area contributed by atoms with E-state index in [2.05, 4.69) is 15.3 Å². The summed E-state index contributed by atoms with van der Waals surface area (Å²) in [5.41, 5.74) is -0.211. The van der Waals surface area contributed by atoms with Crippen molar-refractivity contribution in [2.45, 2.75) is 25.4 Å². The van der Waals surface area contributed by atoms with Gasteiger partial charge in [0.1, 0.15) is 12.2 Å². The Balaban J connectivity index is 1.81. The number of piperidine rings is 1. The highest BCUT2D eigenvalue weighted by Crippen LogP contribution is 2.17. The summed E-state index contributed by atoms with van der Waals surface area (Å²) in [5.74, 6) is -0.860. The topological polar surface area (TPSA) is 134 Å². The van der Waals surface area contributed by atoms with Crippen LogP contribution < -0.4 is 10.9 Å². The summed E-state index contributed by atoms with van der Waals surface area (Å²) < 4.78 is 25.6. The van der Waals surface area contributed by atoms with Gasteiger partial charge in [-0.2, -0.15) is 4.98 Å². The Bertz CT molecular complexity index is 995. The molecule has 0 aliphatic carbocycles. The number of pyridine rings is 1. The van der Waals surface area contributed by atoms with E-state index in [0.717, 1.165) is 4.57 Å². The Morgan fingerprint density at radius 3 is 2.65 bits per heavy atom. The molecule has 1 saturated heterocycles. The lowest BCUT2D eigenvalue weighted by molar-refractivity contribution is -0.137.